The summed E-state index contributed by atoms with van der Waals surface area (Å²) in [6.07, 6.45) is -0.603. The minimum atomic E-state index is -1.05. The third-order valence-corrected chi connectivity index (χ3v) is 1.97. The van der Waals surface area contributed by atoms with Gasteiger partial charge in [0.1, 0.15) is 5.75 Å². The van der Waals surface area contributed by atoms with E-state index in [9.17, 15) is 14.9 Å². The van der Waals surface area contributed by atoms with E-state index in [1.54, 1.807) is 6.92 Å². The van der Waals surface area contributed by atoms with Crippen LogP contribution in [0.25, 0.3) is 0 Å². The summed E-state index contributed by atoms with van der Waals surface area (Å²) >= 11 is 0. The van der Waals surface area contributed by atoms with Crippen molar-refractivity contribution in [2.75, 3.05) is 0 Å². The maximum absolute atomic E-state index is 10.7. The van der Waals surface area contributed by atoms with E-state index in [-0.39, 0.29) is 5.69 Å². The molecule has 86 valence electrons. The van der Waals surface area contributed by atoms with Crippen molar-refractivity contribution in [1.29, 1.82) is 0 Å². The number of carboxylic acids is 1. The second-order valence-corrected chi connectivity index (χ2v) is 3.10. The van der Waals surface area contributed by atoms with Crippen LogP contribution in [0.4, 0.5) is 5.69 Å². The molecule has 0 fully saturated rings. The number of carboxylic acid groups (broad SMARTS) is 1. The average molecular weight is 225 g/mol. The Balaban J connectivity index is 2.75. The van der Waals surface area contributed by atoms with Gasteiger partial charge < -0.3 is 9.84 Å². The molecule has 0 aliphatic rings. The van der Waals surface area contributed by atoms with Crippen LogP contribution in [0.5, 0.6) is 5.75 Å². The zero-order valence-electron chi connectivity index (χ0n) is 8.62. The van der Waals surface area contributed by atoms with Gasteiger partial charge in [0.05, 0.1) is 4.92 Å². The maximum Gasteiger partial charge on any atom is 0.344 e. The highest BCUT2D eigenvalue weighted by Gasteiger charge is 2.16. The number of nitro benzene ring substituents is 1. The van der Waals surface area contributed by atoms with Crippen molar-refractivity contribution >= 4 is 11.7 Å². The molecule has 0 saturated heterocycles. The van der Waals surface area contributed by atoms with Crippen LogP contribution in [0.3, 0.4) is 0 Å². The summed E-state index contributed by atoms with van der Waals surface area (Å²) in [5.41, 5.74) is -0.0595. The number of aliphatic carboxylic acids is 1. The number of rotatable bonds is 5. The van der Waals surface area contributed by atoms with Crippen LogP contribution in [0.1, 0.15) is 13.3 Å². The summed E-state index contributed by atoms with van der Waals surface area (Å²) in [7, 11) is 0. The van der Waals surface area contributed by atoms with E-state index in [0.717, 1.165) is 0 Å². The van der Waals surface area contributed by atoms with E-state index in [1.165, 1.54) is 24.3 Å². The monoisotopic (exact) mass is 225 g/mol. The molecule has 0 saturated carbocycles. The van der Waals surface area contributed by atoms with Gasteiger partial charge in [-0.3, -0.25) is 10.1 Å². The molecule has 0 unspecified atom stereocenters. The predicted molar refractivity (Wildman–Crippen MR) is 55.4 cm³/mol. The first kappa shape index (κ1) is 12.0. The van der Waals surface area contributed by atoms with E-state index >= 15 is 0 Å². The topological polar surface area (TPSA) is 89.7 Å². The van der Waals surface area contributed by atoms with E-state index in [0.29, 0.717) is 12.2 Å². The number of ether oxygens (including phenoxy) is 1. The Labute approximate surface area is 91.6 Å². The Bertz CT molecular complexity index is 387. The molecule has 16 heavy (non-hydrogen) atoms. The highest BCUT2D eigenvalue weighted by atomic mass is 16.6. The molecular formula is C10H11NO5. The van der Waals surface area contributed by atoms with E-state index in [1.807, 2.05) is 0 Å². The molecule has 1 atom stereocenters. The Morgan fingerprint density at radius 3 is 2.44 bits per heavy atom. The van der Waals surface area contributed by atoms with Crippen LogP contribution in [0.15, 0.2) is 24.3 Å². The molecule has 0 aliphatic carbocycles. The van der Waals surface area contributed by atoms with Crippen molar-refractivity contribution in [2.24, 2.45) is 0 Å². The maximum atomic E-state index is 10.7. The molecule has 1 aromatic carbocycles. The molecule has 0 aromatic heterocycles. The van der Waals surface area contributed by atoms with E-state index in [4.69, 9.17) is 9.84 Å². The molecule has 0 heterocycles. The second-order valence-electron chi connectivity index (χ2n) is 3.10. The molecule has 0 aliphatic heterocycles. The predicted octanol–water partition coefficient (Wildman–Crippen LogP) is 1.84. The van der Waals surface area contributed by atoms with Crippen LogP contribution >= 0.6 is 0 Å². The molecule has 1 N–H and O–H groups in total. The molecule has 1 aromatic rings. The fraction of sp³-hybridized carbons (Fsp3) is 0.300. The standard InChI is InChI=1S/C10H11NO5/c1-2-9(10(12)13)16-8-5-3-7(4-6-8)11(14)15/h3-6,9H,2H2,1H3,(H,12,13)/t9-/m1/s1. The van der Waals surface area contributed by atoms with Crippen molar-refractivity contribution in [3.05, 3.63) is 34.4 Å². The average Bonchev–Trinajstić information content (AvgIpc) is 2.26. The quantitative estimate of drug-likeness (QED) is 0.609. The van der Waals surface area contributed by atoms with Gasteiger partial charge in [0.25, 0.3) is 5.69 Å². The third-order valence-electron chi connectivity index (χ3n) is 1.97. The number of non-ortho nitro benzene ring substituents is 1. The summed E-state index contributed by atoms with van der Waals surface area (Å²) < 4.78 is 5.14. The molecule has 0 bridgehead atoms. The smallest absolute Gasteiger partial charge is 0.344 e. The van der Waals surface area contributed by atoms with Crippen LogP contribution < -0.4 is 4.74 Å². The van der Waals surface area contributed by atoms with Crippen LogP contribution in [0, 0.1) is 10.1 Å². The number of hydrogen-bond donors (Lipinski definition) is 1. The number of nitro groups is 1. The highest BCUT2D eigenvalue weighted by molar-refractivity contribution is 5.72. The molecule has 0 radical (unpaired) electrons. The normalized spacial score (nSPS) is 11.8. The molecule has 6 nitrogen and oxygen atoms in total. The number of carbonyl (C=O) groups is 1. The first-order valence-corrected chi connectivity index (χ1v) is 4.68. The second kappa shape index (κ2) is 5.11. The minimum Gasteiger partial charge on any atom is -0.479 e. The van der Waals surface area contributed by atoms with Crippen LogP contribution in [-0.2, 0) is 4.79 Å². The molecule has 1 rings (SSSR count). The zero-order chi connectivity index (χ0) is 12.1. The minimum absolute atomic E-state index is 0.0595. The largest absolute Gasteiger partial charge is 0.479 e. The summed E-state index contributed by atoms with van der Waals surface area (Å²) in [5, 5.41) is 19.1. The third kappa shape index (κ3) is 2.94. The van der Waals surface area contributed by atoms with Gasteiger partial charge in [0, 0.05) is 12.1 Å². The summed E-state index contributed by atoms with van der Waals surface area (Å²) in [6.45, 7) is 1.68. The summed E-state index contributed by atoms with van der Waals surface area (Å²) in [6, 6.07) is 5.29. The van der Waals surface area contributed by atoms with E-state index < -0.39 is 17.0 Å². The Hall–Kier alpha value is -2.11. The van der Waals surface area contributed by atoms with Crippen LogP contribution in [0.2, 0.25) is 0 Å². The SMILES string of the molecule is CC[C@@H](Oc1ccc([N+](=O)[O-])cc1)C(=O)O. The first-order chi connectivity index (χ1) is 7.54. The van der Waals surface area contributed by atoms with Crippen molar-refractivity contribution in [2.45, 2.75) is 19.4 Å². The van der Waals surface area contributed by atoms with Gasteiger partial charge in [-0.2, -0.15) is 0 Å². The van der Waals surface area contributed by atoms with Crippen molar-refractivity contribution in [1.82, 2.24) is 0 Å². The van der Waals surface area contributed by atoms with E-state index in [2.05, 4.69) is 0 Å². The van der Waals surface area contributed by atoms with Gasteiger partial charge in [0.2, 0.25) is 0 Å². The molecular weight excluding hydrogens is 214 g/mol. The first-order valence-electron chi connectivity index (χ1n) is 4.68. The Kier molecular flexibility index (Phi) is 3.82. The highest BCUT2D eigenvalue weighted by Crippen LogP contribution is 2.19. The van der Waals surface area contributed by atoms with Gasteiger partial charge in [-0.05, 0) is 18.6 Å². The van der Waals surface area contributed by atoms with Gasteiger partial charge >= 0.3 is 5.97 Å². The lowest BCUT2D eigenvalue weighted by atomic mass is 10.2. The lowest BCUT2D eigenvalue weighted by Gasteiger charge is -2.12. The summed E-state index contributed by atoms with van der Waals surface area (Å²) in [5.74, 6) is -0.749. The van der Waals surface area contributed by atoms with Gasteiger partial charge in [-0.1, -0.05) is 6.92 Å². The number of hydrogen-bond acceptors (Lipinski definition) is 4. The van der Waals surface area contributed by atoms with Gasteiger partial charge in [-0.25, -0.2) is 4.79 Å². The Morgan fingerprint density at radius 1 is 1.50 bits per heavy atom. The van der Waals surface area contributed by atoms with Crippen LogP contribution in [-0.4, -0.2) is 22.1 Å². The van der Waals surface area contributed by atoms with Crippen molar-refractivity contribution in [3.63, 3.8) is 0 Å². The van der Waals surface area contributed by atoms with Crippen molar-refractivity contribution < 1.29 is 19.6 Å². The Morgan fingerprint density at radius 2 is 2.06 bits per heavy atom. The fourth-order valence-corrected chi connectivity index (χ4v) is 1.12. The van der Waals surface area contributed by atoms with Crippen molar-refractivity contribution in [3.8, 4) is 5.75 Å². The molecule has 6 heteroatoms. The van der Waals surface area contributed by atoms with Gasteiger partial charge in [0.15, 0.2) is 6.10 Å². The zero-order valence-corrected chi connectivity index (χ0v) is 8.62. The number of benzene rings is 1. The lowest BCUT2D eigenvalue weighted by molar-refractivity contribution is -0.384. The fourth-order valence-electron chi connectivity index (χ4n) is 1.12. The molecule has 0 amide bonds. The summed E-state index contributed by atoms with van der Waals surface area (Å²) in [4.78, 5) is 20.5. The lowest BCUT2D eigenvalue weighted by Crippen LogP contribution is -2.25. The van der Waals surface area contributed by atoms with Gasteiger partial charge in [-0.15, -0.1) is 0 Å². The number of nitrogens with zero attached hydrogens (tertiary/aromatic N) is 1. The molecule has 0 spiro atoms.